The lowest BCUT2D eigenvalue weighted by molar-refractivity contribution is 0.147. The van der Waals surface area contributed by atoms with Crippen molar-refractivity contribution in [3.8, 4) is 0 Å². The van der Waals surface area contributed by atoms with Crippen LogP contribution in [-0.4, -0.2) is 24.7 Å². The van der Waals surface area contributed by atoms with Crippen LogP contribution in [0.5, 0.6) is 0 Å². The van der Waals surface area contributed by atoms with Gasteiger partial charge in [0.15, 0.2) is 0 Å². The summed E-state index contributed by atoms with van der Waals surface area (Å²) in [6.45, 7) is 5.00. The van der Waals surface area contributed by atoms with Gasteiger partial charge in [-0.1, -0.05) is 0 Å². The first-order chi connectivity index (χ1) is 7.36. The van der Waals surface area contributed by atoms with Gasteiger partial charge in [0.05, 0.1) is 0 Å². The molecule has 0 radical (unpaired) electrons. The van der Waals surface area contributed by atoms with Crippen LogP contribution in [0.3, 0.4) is 0 Å². The van der Waals surface area contributed by atoms with Crippen LogP contribution in [0.15, 0.2) is 18.3 Å². The molecule has 0 atom stereocenters. The molecule has 4 nitrogen and oxygen atoms in total. The second kappa shape index (κ2) is 7.20. The predicted molar refractivity (Wildman–Crippen MR) is 61.7 cm³/mol. The van der Waals surface area contributed by atoms with E-state index in [2.05, 4.69) is 10.3 Å². The van der Waals surface area contributed by atoms with Crippen LogP contribution in [0.1, 0.15) is 18.9 Å². The fourth-order valence-electron chi connectivity index (χ4n) is 1.23. The van der Waals surface area contributed by atoms with E-state index in [0.717, 1.165) is 37.6 Å². The van der Waals surface area contributed by atoms with Gasteiger partial charge in [-0.15, -0.1) is 0 Å². The topological polar surface area (TPSA) is 60.2 Å². The smallest absolute Gasteiger partial charge is 0.126 e. The van der Waals surface area contributed by atoms with E-state index in [-0.39, 0.29) is 0 Å². The molecular weight excluding hydrogens is 190 g/mol. The Labute approximate surface area is 90.8 Å². The Morgan fingerprint density at radius 2 is 2.40 bits per heavy atom. The molecule has 0 aromatic carbocycles. The summed E-state index contributed by atoms with van der Waals surface area (Å²) in [4.78, 5) is 4.20. The van der Waals surface area contributed by atoms with Crippen LogP contribution in [-0.2, 0) is 11.3 Å². The lowest BCUT2D eigenvalue weighted by Gasteiger charge is -2.06. The van der Waals surface area contributed by atoms with Crippen molar-refractivity contribution in [2.75, 3.05) is 25.1 Å². The van der Waals surface area contributed by atoms with Crippen molar-refractivity contribution in [3.63, 3.8) is 0 Å². The predicted octanol–water partition coefficient (Wildman–Crippen LogP) is 1.38. The highest BCUT2D eigenvalue weighted by molar-refractivity contribution is 5.37. The Morgan fingerprint density at radius 1 is 1.53 bits per heavy atom. The number of hydrogen-bond acceptors (Lipinski definition) is 4. The van der Waals surface area contributed by atoms with Gasteiger partial charge in [-0.25, -0.2) is 4.98 Å². The summed E-state index contributed by atoms with van der Waals surface area (Å²) in [6, 6.07) is 3.89. The maximum Gasteiger partial charge on any atom is 0.126 e. The summed E-state index contributed by atoms with van der Waals surface area (Å²) in [5.74, 6) is 0.884. The second-order valence-electron chi connectivity index (χ2n) is 3.23. The van der Waals surface area contributed by atoms with Gasteiger partial charge in [-0.05, 0) is 31.0 Å². The minimum Gasteiger partial charge on any atom is -0.382 e. The van der Waals surface area contributed by atoms with Crippen molar-refractivity contribution in [1.29, 1.82) is 0 Å². The number of nitrogens with two attached hydrogens (primary N) is 1. The largest absolute Gasteiger partial charge is 0.382 e. The first-order valence-corrected chi connectivity index (χ1v) is 5.33. The summed E-state index contributed by atoms with van der Waals surface area (Å²) in [5.41, 5.74) is 6.63. The van der Waals surface area contributed by atoms with Crippen LogP contribution in [0.2, 0.25) is 0 Å². The lowest BCUT2D eigenvalue weighted by atomic mass is 10.2. The number of aromatic nitrogens is 1. The number of hydrogen-bond donors (Lipinski definition) is 2. The van der Waals surface area contributed by atoms with E-state index >= 15 is 0 Å². The zero-order valence-corrected chi connectivity index (χ0v) is 9.20. The Kier molecular flexibility index (Phi) is 5.73. The molecule has 0 unspecified atom stereocenters. The van der Waals surface area contributed by atoms with Gasteiger partial charge in [0.1, 0.15) is 5.82 Å². The number of pyridine rings is 1. The molecule has 1 rings (SSSR count). The van der Waals surface area contributed by atoms with Gasteiger partial charge >= 0.3 is 0 Å². The monoisotopic (exact) mass is 209 g/mol. The van der Waals surface area contributed by atoms with Crippen molar-refractivity contribution in [1.82, 2.24) is 4.98 Å². The summed E-state index contributed by atoms with van der Waals surface area (Å²) in [5, 5.41) is 3.23. The van der Waals surface area contributed by atoms with Crippen molar-refractivity contribution in [3.05, 3.63) is 23.9 Å². The lowest BCUT2D eigenvalue weighted by Crippen LogP contribution is -2.07. The minimum absolute atomic E-state index is 0.552. The molecule has 0 aliphatic carbocycles. The molecule has 0 aliphatic rings. The molecular formula is C11H19N3O. The molecule has 4 heteroatoms. The van der Waals surface area contributed by atoms with Crippen LogP contribution in [0, 0.1) is 0 Å². The molecule has 1 heterocycles. The Hall–Kier alpha value is -1.13. The first kappa shape index (κ1) is 11.9. The van der Waals surface area contributed by atoms with Crippen LogP contribution in [0.25, 0.3) is 0 Å². The summed E-state index contributed by atoms with van der Waals surface area (Å²) in [6.07, 6.45) is 2.76. The summed E-state index contributed by atoms with van der Waals surface area (Å²) in [7, 11) is 0. The molecule has 0 aliphatic heterocycles. The third-order valence-corrected chi connectivity index (χ3v) is 2.04. The molecule has 0 bridgehead atoms. The standard InChI is InChI=1S/C11H19N3O/c1-2-15-7-3-5-13-11-8-10(9-12)4-6-14-11/h4,6,8H,2-3,5,7,9,12H2,1H3,(H,13,14). The number of anilines is 1. The quantitative estimate of drug-likeness (QED) is 0.666. The number of nitrogens with zero attached hydrogens (tertiary/aromatic N) is 1. The molecule has 0 saturated heterocycles. The fraction of sp³-hybridized carbons (Fsp3) is 0.545. The highest BCUT2D eigenvalue weighted by Gasteiger charge is 1.94. The molecule has 0 fully saturated rings. The third-order valence-electron chi connectivity index (χ3n) is 2.04. The fourth-order valence-corrected chi connectivity index (χ4v) is 1.23. The average molecular weight is 209 g/mol. The Balaban J connectivity index is 2.24. The molecule has 1 aromatic heterocycles. The van der Waals surface area contributed by atoms with Gasteiger partial charge < -0.3 is 15.8 Å². The van der Waals surface area contributed by atoms with E-state index in [9.17, 15) is 0 Å². The van der Waals surface area contributed by atoms with Gasteiger partial charge in [-0.3, -0.25) is 0 Å². The molecule has 0 amide bonds. The average Bonchev–Trinajstić information content (AvgIpc) is 2.29. The van der Waals surface area contributed by atoms with Crippen molar-refractivity contribution in [2.45, 2.75) is 19.9 Å². The van der Waals surface area contributed by atoms with Crippen LogP contribution in [0.4, 0.5) is 5.82 Å². The van der Waals surface area contributed by atoms with E-state index in [1.165, 1.54) is 0 Å². The zero-order chi connectivity index (χ0) is 10.9. The molecule has 3 N–H and O–H groups in total. The van der Waals surface area contributed by atoms with E-state index in [1.807, 2.05) is 19.1 Å². The van der Waals surface area contributed by atoms with Crippen LogP contribution >= 0.6 is 0 Å². The molecule has 1 aromatic rings. The number of rotatable bonds is 7. The maximum atomic E-state index is 5.54. The van der Waals surface area contributed by atoms with Gasteiger partial charge in [-0.2, -0.15) is 0 Å². The molecule has 0 saturated carbocycles. The SMILES string of the molecule is CCOCCCNc1cc(CN)ccn1. The maximum absolute atomic E-state index is 5.54. The van der Waals surface area contributed by atoms with E-state index in [1.54, 1.807) is 6.20 Å². The van der Waals surface area contributed by atoms with E-state index in [0.29, 0.717) is 6.54 Å². The second-order valence-corrected chi connectivity index (χ2v) is 3.23. The van der Waals surface area contributed by atoms with Gasteiger partial charge in [0, 0.05) is 32.5 Å². The highest BCUT2D eigenvalue weighted by Crippen LogP contribution is 2.05. The molecule has 84 valence electrons. The van der Waals surface area contributed by atoms with E-state index in [4.69, 9.17) is 10.5 Å². The number of ether oxygens (including phenoxy) is 1. The normalized spacial score (nSPS) is 10.3. The zero-order valence-electron chi connectivity index (χ0n) is 9.20. The van der Waals surface area contributed by atoms with Crippen molar-refractivity contribution >= 4 is 5.82 Å². The number of nitrogens with one attached hydrogen (secondary N) is 1. The minimum atomic E-state index is 0.552. The van der Waals surface area contributed by atoms with Gasteiger partial charge in [0.25, 0.3) is 0 Å². The molecule has 15 heavy (non-hydrogen) atoms. The molecule has 0 spiro atoms. The van der Waals surface area contributed by atoms with Crippen LogP contribution < -0.4 is 11.1 Å². The Morgan fingerprint density at radius 3 is 3.13 bits per heavy atom. The summed E-state index contributed by atoms with van der Waals surface area (Å²) < 4.78 is 5.24. The van der Waals surface area contributed by atoms with Gasteiger partial charge in [0.2, 0.25) is 0 Å². The van der Waals surface area contributed by atoms with E-state index < -0.39 is 0 Å². The summed E-state index contributed by atoms with van der Waals surface area (Å²) >= 11 is 0. The van der Waals surface area contributed by atoms with Crippen molar-refractivity contribution < 1.29 is 4.74 Å². The Bertz CT molecular complexity index is 278. The highest BCUT2D eigenvalue weighted by atomic mass is 16.5. The third kappa shape index (κ3) is 4.76. The van der Waals surface area contributed by atoms with Crippen molar-refractivity contribution in [2.24, 2.45) is 5.73 Å². The first-order valence-electron chi connectivity index (χ1n) is 5.33.